The Kier molecular flexibility index (Phi) is 9.50. The molecule has 2 heterocycles. The molecular formula is C39H37FN2O4S. The second-order valence-corrected chi connectivity index (χ2v) is 12.8. The molecular weight excluding hydrogens is 612 g/mol. The molecule has 0 aliphatic carbocycles. The number of rotatable bonds is 10. The highest BCUT2D eigenvalue weighted by Gasteiger charge is 2.34. The minimum atomic E-state index is -0.695. The highest BCUT2D eigenvalue weighted by Crippen LogP contribution is 2.34. The van der Waals surface area contributed by atoms with Crippen LogP contribution in [0.5, 0.6) is 5.75 Å². The number of aromatic nitrogens is 1. The number of thiazole rings is 1. The summed E-state index contributed by atoms with van der Waals surface area (Å²) < 4.78 is 28.3. The van der Waals surface area contributed by atoms with E-state index in [9.17, 15) is 14.0 Å². The molecule has 0 saturated carbocycles. The van der Waals surface area contributed by atoms with Gasteiger partial charge in [-0.2, -0.15) is 0 Å². The molecule has 1 aromatic heterocycles. The first-order valence-electron chi connectivity index (χ1n) is 16.0. The number of hydrogen-bond acceptors (Lipinski definition) is 6. The molecule has 0 radical (unpaired) electrons. The third-order valence-corrected chi connectivity index (χ3v) is 9.34. The quantitative estimate of drug-likeness (QED) is 0.147. The minimum Gasteiger partial charge on any atom is -0.488 e. The van der Waals surface area contributed by atoms with E-state index in [0.29, 0.717) is 49.8 Å². The fraction of sp³-hybridized carbons (Fsp3) is 0.256. The number of fused-ring (bicyclic) bond motifs is 2. The van der Waals surface area contributed by atoms with Gasteiger partial charge in [-0.1, -0.05) is 111 Å². The lowest BCUT2D eigenvalue weighted by atomic mass is 9.92. The molecule has 6 rings (SSSR count). The number of allylic oxidation sites excluding steroid dienone is 1. The van der Waals surface area contributed by atoms with Gasteiger partial charge in [0.1, 0.15) is 18.2 Å². The molecule has 240 valence electrons. The van der Waals surface area contributed by atoms with Crippen molar-refractivity contribution in [1.82, 2.24) is 4.57 Å². The van der Waals surface area contributed by atoms with Crippen LogP contribution in [-0.4, -0.2) is 17.1 Å². The van der Waals surface area contributed by atoms with Gasteiger partial charge in [-0.05, 0) is 59.4 Å². The molecule has 0 unspecified atom stereocenters. The van der Waals surface area contributed by atoms with Crippen LogP contribution >= 0.6 is 11.3 Å². The van der Waals surface area contributed by atoms with Crippen LogP contribution in [0.15, 0.2) is 106 Å². The average molecular weight is 649 g/mol. The number of esters is 1. The molecule has 0 bridgehead atoms. The van der Waals surface area contributed by atoms with Crippen molar-refractivity contribution in [3.05, 3.63) is 144 Å². The predicted molar refractivity (Wildman–Crippen MR) is 185 cm³/mol. The van der Waals surface area contributed by atoms with Crippen molar-refractivity contribution in [2.45, 2.75) is 59.1 Å². The lowest BCUT2D eigenvalue weighted by Gasteiger charge is -2.26. The number of benzene rings is 4. The molecule has 0 amide bonds. The summed E-state index contributed by atoms with van der Waals surface area (Å²) in [5, 5.41) is 1.87. The Morgan fingerprint density at radius 2 is 1.74 bits per heavy atom. The van der Waals surface area contributed by atoms with E-state index in [1.165, 1.54) is 17.4 Å². The van der Waals surface area contributed by atoms with Crippen molar-refractivity contribution in [1.29, 1.82) is 0 Å². The molecule has 47 heavy (non-hydrogen) atoms. The van der Waals surface area contributed by atoms with Crippen LogP contribution in [0.1, 0.15) is 74.8 Å². The fourth-order valence-electron chi connectivity index (χ4n) is 5.95. The summed E-state index contributed by atoms with van der Waals surface area (Å²) in [4.78, 5) is 33.4. The van der Waals surface area contributed by atoms with Crippen LogP contribution in [0.2, 0.25) is 0 Å². The number of carbonyl (C=O) groups excluding carboxylic acids is 1. The summed E-state index contributed by atoms with van der Waals surface area (Å²) in [5.41, 5.74) is 3.88. The maximum atomic E-state index is 14.5. The molecule has 1 aliphatic rings. The lowest BCUT2D eigenvalue weighted by molar-refractivity contribution is -0.139. The van der Waals surface area contributed by atoms with Gasteiger partial charge in [0.05, 0.1) is 28.5 Å². The van der Waals surface area contributed by atoms with E-state index in [1.54, 1.807) is 29.7 Å². The SMILES string of the molecule is CCCC1=C(C(=O)OCC)[C@H](c2ccc(C(C)C)cc2)n2c(s/c(=C\c3c(OCc4ccccc4F)ccc4ccccc34)c2=O)=N1. The molecule has 0 saturated heterocycles. The van der Waals surface area contributed by atoms with Gasteiger partial charge < -0.3 is 9.47 Å². The molecule has 6 nitrogen and oxygen atoms in total. The van der Waals surface area contributed by atoms with Crippen molar-refractivity contribution in [3.63, 3.8) is 0 Å². The van der Waals surface area contributed by atoms with Gasteiger partial charge >= 0.3 is 5.97 Å². The van der Waals surface area contributed by atoms with E-state index in [1.807, 2.05) is 73.7 Å². The van der Waals surface area contributed by atoms with Crippen LogP contribution in [0.4, 0.5) is 4.39 Å². The van der Waals surface area contributed by atoms with E-state index in [4.69, 9.17) is 14.5 Å². The zero-order valence-electron chi connectivity index (χ0n) is 27.0. The van der Waals surface area contributed by atoms with E-state index >= 15 is 0 Å². The number of halogens is 1. The van der Waals surface area contributed by atoms with Gasteiger partial charge in [-0.3, -0.25) is 9.36 Å². The summed E-state index contributed by atoms with van der Waals surface area (Å²) in [6.07, 6.45) is 3.17. The van der Waals surface area contributed by atoms with Crippen molar-refractivity contribution in [2.75, 3.05) is 6.61 Å². The summed E-state index contributed by atoms with van der Waals surface area (Å²) in [5.74, 6) is 0.0458. The number of carbonyl (C=O) groups is 1. The van der Waals surface area contributed by atoms with E-state index in [-0.39, 0.29) is 24.6 Å². The van der Waals surface area contributed by atoms with Gasteiger partial charge in [0, 0.05) is 11.1 Å². The van der Waals surface area contributed by atoms with Crippen LogP contribution in [0.3, 0.4) is 0 Å². The average Bonchev–Trinajstić information content (AvgIpc) is 3.38. The first kappa shape index (κ1) is 32.1. The zero-order chi connectivity index (χ0) is 33.1. The Hall–Kier alpha value is -4.82. The number of hydrogen-bond donors (Lipinski definition) is 0. The summed E-state index contributed by atoms with van der Waals surface area (Å²) >= 11 is 1.28. The van der Waals surface area contributed by atoms with Crippen LogP contribution in [0, 0.1) is 5.82 Å². The monoisotopic (exact) mass is 648 g/mol. The van der Waals surface area contributed by atoms with Crippen LogP contribution in [-0.2, 0) is 16.1 Å². The highest BCUT2D eigenvalue weighted by atomic mass is 32.1. The third-order valence-electron chi connectivity index (χ3n) is 8.36. The van der Waals surface area contributed by atoms with E-state index < -0.39 is 12.0 Å². The number of ether oxygens (including phenoxy) is 2. The third kappa shape index (κ3) is 6.43. The van der Waals surface area contributed by atoms with Crippen molar-refractivity contribution in [3.8, 4) is 5.75 Å². The summed E-state index contributed by atoms with van der Waals surface area (Å²) in [7, 11) is 0. The molecule has 1 aliphatic heterocycles. The smallest absolute Gasteiger partial charge is 0.338 e. The Balaban J connectivity index is 1.55. The topological polar surface area (TPSA) is 69.9 Å². The Bertz CT molecular complexity index is 2160. The summed E-state index contributed by atoms with van der Waals surface area (Å²) in [6, 6.07) is 25.6. The highest BCUT2D eigenvalue weighted by molar-refractivity contribution is 7.07. The number of nitrogens with zero attached hydrogens (tertiary/aromatic N) is 2. The zero-order valence-corrected chi connectivity index (χ0v) is 27.8. The lowest BCUT2D eigenvalue weighted by Crippen LogP contribution is -2.40. The molecule has 1 atom stereocenters. The Morgan fingerprint density at radius 3 is 2.47 bits per heavy atom. The molecule has 0 fully saturated rings. The fourth-order valence-corrected chi connectivity index (χ4v) is 6.95. The van der Waals surface area contributed by atoms with Gasteiger partial charge in [0.15, 0.2) is 4.80 Å². The van der Waals surface area contributed by atoms with Gasteiger partial charge in [0.25, 0.3) is 5.56 Å². The molecule has 0 spiro atoms. The van der Waals surface area contributed by atoms with E-state index in [0.717, 1.165) is 28.3 Å². The standard InChI is InChI=1S/C39H37FN2O4S/c1-5-11-32-35(38(44)45-6-2)36(27-18-16-25(17-19-27)24(3)4)42-37(43)34(47-39(42)41-32)22-30-29-14-9-7-12-26(29)20-21-33(30)46-23-28-13-8-10-15-31(28)40/h7-10,12-22,24,36H,5-6,11,23H2,1-4H3/b34-22-/t36-/m0/s1. The first-order valence-corrected chi connectivity index (χ1v) is 16.8. The second kappa shape index (κ2) is 13.9. The predicted octanol–water partition coefficient (Wildman–Crippen LogP) is 7.57. The van der Waals surface area contributed by atoms with Gasteiger partial charge in [-0.25, -0.2) is 14.2 Å². The van der Waals surface area contributed by atoms with Crippen LogP contribution < -0.4 is 19.6 Å². The maximum absolute atomic E-state index is 14.5. The minimum absolute atomic E-state index is 0.0305. The Labute approximate surface area is 277 Å². The molecule has 0 N–H and O–H groups in total. The van der Waals surface area contributed by atoms with Crippen LogP contribution in [0.25, 0.3) is 16.8 Å². The molecule has 5 aromatic rings. The van der Waals surface area contributed by atoms with Crippen molar-refractivity contribution in [2.24, 2.45) is 4.99 Å². The largest absolute Gasteiger partial charge is 0.488 e. The van der Waals surface area contributed by atoms with Gasteiger partial charge in [-0.15, -0.1) is 0 Å². The van der Waals surface area contributed by atoms with Crippen molar-refractivity contribution >= 4 is 34.2 Å². The van der Waals surface area contributed by atoms with Crippen molar-refractivity contribution < 1.29 is 18.7 Å². The molecule has 4 aromatic carbocycles. The maximum Gasteiger partial charge on any atom is 0.338 e. The molecule has 8 heteroatoms. The second-order valence-electron chi connectivity index (χ2n) is 11.8. The summed E-state index contributed by atoms with van der Waals surface area (Å²) in [6.45, 7) is 8.31. The van der Waals surface area contributed by atoms with E-state index in [2.05, 4.69) is 13.8 Å². The normalized spacial score (nSPS) is 14.8. The van der Waals surface area contributed by atoms with Gasteiger partial charge in [0.2, 0.25) is 0 Å². The first-order chi connectivity index (χ1) is 22.8. The Morgan fingerprint density at radius 1 is 1.00 bits per heavy atom.